The zero-order chi connectivity index (χ0) is 16.0. The molecule has 1 fully saturated rings. The summed E-state index contributed by atoms with van der Waals surface area (Å²) in [6, 6.07) is 1.95. The van der Waals surface area contributed by atoms with Crippen LogP contribution in [0.2, 0.25) is 0 Å². The van der Waals surface area contributed by atoms with Gasteiger partial charge in [0.2, 0.25) is 0 Å². The van der Waals surface area contributed by atoms with Gasteiger partial charge in [0.1, 0.15) is 0 Å². The molecule has 0 aromatic rings. The van der Waals surface area contributed by atoms with Crippen LogP contribution in [0.3, 0.4) is 0 Å². The predicted molar refractivity (Wildman–Crippen MR) is 77.5 cm³/mol. The third-order valence-corrected chi connectivity index (χ3v) is 5.40. The lowest BCUT2D eigenvalue weighted by Crippen LogP contribution is -2.50. The van der Waals surface area contributed by atoms with Crippen LogP contribution in [0.4, 0.5) is 0 Å². The van der Waals surface area contributed by atoms with Crippen molar-refractivity contribution in [1.29, 1.82) is 5.26 Å². The summed E-state index contributed by atoms with van der Waals surface area (Å²) < 4.78 is 27.8. The minimum atomic E-state index is -3.71. The number of carboxylic acid groups (broad SMARTS) is 1. The molecule has 1 aliphatic heterocycles. The van der Waals surface area contributed by atoms with Crippen molar-refractivity contribution in [1.82, 2.24) is 8.61 Å². The smallest absolute Gasteiger partial charge is 0.307 e. The molecule has 1 unspecified atom stereocenters. The van der Waals surface area contributed by atoms with E-state index >= 15 is 0 Å². The fraction of sp³-hybridized carbons (Fsp3) is 0.846. The zero-order valence-corrected chi connectivity index (χ0v) is 13.3. The third-order valence-electron chi connectivity index (χ3n) is 3.43. The van der Waals surface area contributed by atoms with E-state index in [4.69, 9.17) is 10.4 Å². The molecule has 0 radical (unpaired) electrons. The van der Waals surface area contributed by atoms with Crippen molar-refractivity contribution in [2.45, 2.75) is 33.1 Å². The quantitative estimate of drug-likeness (QED) is 0.751. The average Bonchev–Trinajstić information content (AvgIpc) is 2.43. The average molecular weight is 317 g/mol. The van der Waals surface area contributed by atoms with Crippen molar-refractivity contribution in [3.63, 3.8) is 0 Å². The van der Waals surface area contributed by atoms with Crippen LogP contribution in [-0.4, -0.2) is 54.3 Å². The Balaban J connectivity index is 2.88. The fourth-order valence-electron chi connectivity index (χ4n) is 2.40. The normalized spacial score (nSPS) is 20.6. The van der Waals surface area contributed by atoms with Gasteiger partial charge < -0.3 is 5.11 Å². The first-order valence-electron chi connectivity index (χ1n) is 7.14. The van der Waals surface area contributed by atoms with Gasteiger partial charge in [-0.1, -0.05) is 13.8 Å². The standard InChI is InChI=1S/C13H23N3O4S/c1-11(2)9-15(8-4-6-14)21(19,20)16-7-3-5-12(10-16)13(17)18/h11-12H,3-5,7-10H2,1-2H3,(H,17,18). The maximum atomic E-state index is 12.6. The van der Waals surface area contributed by atoms with Crippen molar-refractivity contribution in [3.8, 4) is 6.07 Å². The second-order valence-electron chi connectivity index (χ2n) is 5.70. The molecule has 21 heavy (non-hydrogen) atoms. The highest BCUT2D eigenvalue weighted by Gasteiger charge is 2.35. The maximum absolute atomic E-state index is 12.6. The SMILES string of the molecule is CC(C)CN(CCC#N)S(=O)(=O)N1CCCC(C(=O)O)C1. The van der Waals surface area contributed by atoms with Gasteiger partial charge in [-0.25, -0.2) is 0 Å². The van der Waals surface area contributed by atoms with Gasteiger partial charge in [0.15, 0.2) is 0 Å². The molecule has 120 valence electrons. The third kappa shape index (κ3) is 4.95. The van der Waals surface area contributed by atoms with Crippen LogP contribution in [0, 0.1) is 23.2 Å². The van der Waals surface area contributed by atoms with Crippen LogP contribution in [0.1, 0.15) is 33.1 Å². The lowest BCUT2D eigenvalue weighted by atomic mass is 10.0. The van der Waals surface area contributed by atoms with Crippen molar-refractivity contribution >= 4 is 16.2 Å². The summed E-state index contributed by atoms with van der Waals surface area (Å²) in [5.41, 5.74) is 0. The molecule has 1 N–H and O–H groups in total. The molecule has 0 bridgehead atoms. The minimum absolute atomic E-state index is 0.0127. The Morgan fingerprint density at radius 1 is 1.52 bits per heavy atom. The first kappa shape index (κ1) is 17.9. The van der Waals surface area contributed by atoms with Gasteiger partial charge in [0, 0.05) is 32.6 Å². The molecule has 7 nitrogen and oxygen atoms in total. The van der Waals surface area contributed by atoms with E-state index in [-0.39, 0.29) is 25.4 Å². The van der Waals surface area contributed by atoms with E-state index in [1.165, 1.54) is 8.61 Å². The van der Waals surface area contributed by atoms with E-state index in [0.29, 0.717) is 25.9 Å². The monoisotopic (exact) mass is 317 g/mol. The maximum Gasteiger partial charge on any atom is 0.307 e. The number of piperidine rings is 1. The molecule has 1 heterocycles. The number of hydrogen-bond donors (Lipinski definition) is 1. The van der Waals surface area contributed by atoms with Gasteiger partial charge in [-0.3, -0.25) is 4.79 Å². The Labute approximate surface area is 126 Å². The highest BCUT2D eigenvalue weighted by atomic mass is 32.2. The number of aliphatic carboxylic acids is 1. The second kappa shape index (κ2) is 7.73. The number of hydrogen-bond acceptors (Lipinski definition) is 4. The summed E-state index contributed by atoms with van der Waals surface area (Å²) >= 11 is 0. The molecule has 1 rings (SSSR count). The topological polar surface area (TPSA) is 102 Å². The predicted octanol–water partition coefficient (Wildman–Crippen LogP) is 0.899. The number of nitriles is 1. The Hall–Kier alpha value is -1.17. The van der Waals surface area contributed by atoms with Gasteiger partial charge in [-0.2, -0.15) is 22.3 Å². The van der Waals surface area contributed by atoms with Gasteiger partial charge in [0.05, 0.1) is 12.0 Å². The molecule has 0 saturated carbocycles. The van der Waals surface area contributed by atoms with E-state index in [1.54, 1.807) is 0 Å². The van der Waals surface area contributed by atoms with Crippen molar-refractivity contribution < 1.29 is 18.3 Å². The van der Waals surface area contributed by atoms with Crippen molar-refractivity contribution in [2.24, 2.45) is 11.8 Å². The summed E-state index contributed by atoms with van der Waals surface area (Å²) in [6.07, 6.45) is 1.18. The Morgan fingerprint density at radius 3 is 2.71 bits per heavy atom. The molecule has 1 saturated heterocycles. The Bertz CT molecular complexity index is 498. The molecule has 8 heteroatoms. The summed E-state index contributed by atoms with van der Waals surface area (Å²) in [5, 5.41) is 17.7. The molecule has 0 aliphatic carbocycles. The molecule has 0 amide bonds. The van der Waals surface area contributed by atoms with Crippen LogP contribution >= 0.6 is 0 Å². The second-order valence-corrected chi connectivity index (χ2v) is 7.63. The van der Waals surface area contributed by atoms with E-state index < -0.39 is 22.1 Å². The Kier molecular flexibility index (Phi) is 6.58. The summed E-state index contributed by atoms with van der Waals surface area (Å²) in [5.74, 6) is -1.47. The lowest BCUT2D eigenvalue weighted by Gasteiger charge is -2.34. The van der Waals surface area contributed by atoms with Crippen LogP contribution in [0.15, 0.2) is 0 Å². The number of rotatable bonds is 7. The van der Waals surface area contributed by atoms with Crippen LogP contribution in [0.5, 0.6) is 0 Å². The fourth-order valence-corrected chi connectivity index (χ4v) is 4.26. The highest BCUT2D eigenvalue weighted by molar-refractivity contribution is 7.86. The van der Waals surface area contributed by atoms with E-state index in [9.17, 15) is 13.2 Å². The first-order valence-corrected chi connectivity index (χ1v) is 8.53. The molecule has 1 aliphatic rings. The lowest BCUT2D eigenvalue weighted by molar-refractivity contribution is -0.142. The highest BCUT2D eigenvalue weighted by Crippen LogP contribution is 2.22. The van der Waals surface area contributed by atoms with Gasteiger partial charge in [0.25, 0.3) is 10.2 Å². The van der Waals surface area contributed by atoms with Crippen molar-refractivity contribution in [2.75, 3.05) is 26.2 Å². The first-order chi connectivity index (χ1) is 9.78. The minimum Gasteiger partial charge on any atom is -0.481 e. The molecule has 0 spiro atoms. The number of carbonyl (C=O) groups is 1. The Morgan fingerprint density at radius 2 is 2.19 bits per heavy atom. The zero-order valence-electron chi connectivity index (χ0n) is 12.5. The van der Waals surface area contributed by atoms with E-state index in [0.717, 1.165) is 0 Å². The van der Waals surface area contributed by atoms with Gasteiger partial charge in [-0.05, 0) is 18.8 Å². The van der Waals surface area contributed by atoms with E-state index in [2.05, 4.69) is 0 Å². The number of carboxylic acids is 1. The van der Waals surface area contributed by atoms with Gasteiger partial charge >= 0.3 is 5.97 Å². The van der Waals surface area contributed by atoms with Crippen molar-refractivity contribution in [3.05, 3.63) is 0 Å². The summed E-state index contributed by atoms with van der Waals surface area (Å²) in [7, 11) is -3.71. The van der Waals surface area contributed by atoms with Gasteiger partial charge in [-0.15, -0.1) is 0 Å². The summed E-state index contributed by atoms with van der Waals surface area (Å²) in [6.45, 7) is 4.64. The summed E-state index contributed by atoms with van der Waals surface area (Å²) in [4.78, 5) is 11.1. The molecular formula is C13H23N3O4S. The number of nitrogens with zero attached hydrogens (tertiary/aromatic N) is 3. The van der Waals surface area contributed by atoms with E-state index in [1.807, 2.05) is 19.9 Å². The largest absolute Gasteiger partial charge is 0.481 e. The van der Waals surface area contributed by atoms with Crippen LogP contribution in [0.25, 0.3) is 0 Å². The molecule has 0 aromatic heterocycles. The van der Waals surface area contributed by atoms with Crippen LogP contribution in [-0.2, 0) is 15.0 Å². The molecule has 1 atom stereocenters. The molecular weight excluding hydrogens is 294 g/mol. The molecule has 0 aromatic carbocycles. The van der Waals surface area contributed by atoms with Crippen LogP contribution < -0.4 is 0 Å².